The zero-order valence-corrected chi connectivity index (χ0v) is 35.1. The van der Waals surface area contributed by atoms with Crippen LogP contribution < -0.4 is 5.32 Å². The van der Waals surface area contributed by atoms with Crippen molar-refractivity contribution >= 4 is 87.6 Å². The number of para-hydroxylation sites is 2. The summed E-state index contributed by atoms with van der Waals surface area (Å²) in [4.78, 5) is 5.71. The van der Waals surface area contributed by atoms with E-state index in [1.807, 2.05) is 6.07 Å². The summed E-state index contributed by atoms with van der Waals surface area (Å²) in [6, 6.07) is 71.5. The fourth-order valence-corrected chi connectivity index (χ4v) is 10.2. The van der Waals surface area contributed by atoms with E-state index in [0.29, 0.717) is 6.42 Å². The van der Waals surface area contributed by atoms with Crippen molar-refractivity contribution in [1.82, 2.24) is 5.32 Å². The number of fused-ring (bicyclic) bond motifs is 9. The zero-order valence-electron chi connectivity index (χ0n) is 35.1. The molecule has 1 atom stereocenters. The molecule has 12 aromatic rings. The molecule has 2 aromatic heterocycles. The van der Waals surface area contributed by atoms with Crippen molar-refractivity contribution in [3.05, 3.63) is 222 Å². The molecular weight excluding hydrogens is 781 g/mol. The summed E-state index contributed by atoms with van der Waals surface area (Å²) < 4.78 is 13.2. The van der Waals surface area contributed by atoms with E-state index >= 15 is 0 Å². The Hall–Kier alpha value is -8.21. The van der Waals surface area contributed by atoms with Crippen molar-refractivity contribution in [1.29, 1.82) is 0 Å². The van der Waals surface area contributed by atoms with E-state index in [1.54, 1.807) is 0 Å². The maximum Gasteiger partial charge on any atom is 0.145 e. The van der Waals surface area contributed by atoms with E-state index in [9.17, 15) is 0 Å². The molecule has 302 valence electrons. The zero-order chi connectivity index (χ0) is 42.3. The van der Waals surface area contributed by atoms with Crippen LogP contribution in [0.1, 0.15) is 36.2 Å². The van der Waals surface area contributed by atoms with E-state index in [4.69, 9.17) is 13.8 Å². The summed E-state index contributed by atoms with van der Waals surface area (Å²) in [5.41, 5.74) is 14.7. The van der Waals surface area contributed by atoms with Crippen LogP contribution in [0.2, 0.25) is 0 Å². The van der Waals surface area contributed by atoms with Gasteiger partial charge in [-0.05, 0) is 103 Å². The molecule has 13 rings (SSSR count). The number of allylic oxidation sites excluding steroid dienone is 1. The van der Waals surface area contributed by atoms with Crippen LogP contribution in [-0.4, -0.2) is 5.71 Å². The first-order valence-corrected chi connectivity index (χ1v) is 22.0. The number of nitrogens with one attached hydrogen (secondary N) is 1. The van der Waals surface area contributed by atoms with E-state index in [2.05, 4.69) is 206 Å². The molecule has 1 unspecified atom stereocenters. The minimum atomic E-state index is -0.397. The lowest BCUT2D eigenvalue weighted by Gasteiger charge is -2.22. The highest BCUT2D eigenvalue weighted by molar-refractivity contribution is 6.19. The van der Waals surface area contributed by atoms with Gasteiger partial charge in [0.1, 0.15) is 28.5 Å². The first-order valence-electron chi connectivity index (χ1n) is 22.0. The molecule has 3 heterocycles. The molecule has 0 radical (unpaired) electrons. The summed E-state index contributed by atoms with van der Waals surface area (Å²) in [7, 11) is 0. The third kappa shape index (κ3) is 5.80. The maximum absolute atomic E-state index is 6.81. The largest absolute Gasteiger partial charge is 0.456 e. The standard InChI is InChI=1S/C60H40N2O2/c1-36-33-52(42-28-26-38-14-3-5-16-40(38)35-42)61-60(62-58(36)51-21-12-24-55-56(51)49-19-8-10-22-53(49)63-55)48-32-30-46(44-17-6-7-18-45(44)48)47-31-29-43(41-27-25-37-13-2-4-15-39(37)34-41)59-57(47)50-20-9-11-23-54(50)64-59/h2-32,34-35,60,62H,33H2,1H3. The molecule has 0 fully saturated rings. The highest BCUT2D eigenvalue weighted by Gasteiger charge is 2.26. The summed E-state index contributed by atoms with van der Waals surface area (Å²) in [6.45, 7) is 2.24. The van der Waals surface area contributed by atoms with Crippen LogP contribution in [0.25, 0.3) is 104 Å². The summed E-state index contributed by atoms with van der Waals surface area (Å²) >= 11 is 0. The second kappa shape index (κ2) is 14.4. The predicted octanol–water partition coefficient (Wildman–Crippen LogP) is 16.2. The van der Waals surface area contributed by atoms with E-state index in [1.165, 1.54) is 27.1 Å². The number of furan rings is 2. The van der Waals surface area contributed by atoms with Gasteiger partial charge >= 0.3 is 0 Å². The Morgan fingerprint density at radius 2 is 1.02 bits per heavy atom. The van der Waals surface area contributed by atoms with Gasteiger partial charge in [-0.1, -0.05) is 164 Å². The topological polar surface area (TPSA) is 50.7 Å². The number of hydrogen-bond acceptors (Lipinski definition) is 4. The Morgan fingerprint density at radius 1 is 0.438 bits per heavy atom. The fourth-order valence-electron chi connectivity index (χ4n) is 10.2. The van der Waals surface area contributed by atoms with Gasteiger partial charge in [-0.2, -0.15) is 0 Å². The van der Waals surface area contributed by atoms with Gasteiger partial charge in [0.15, 0.2) is 0 Å². The number of hydrogen-bond donors (Lipinski definition) is 1. The molecule has 4 nitrogen and oxygen atoms in total. The normalized spacial score (nSPS) is 14.6. The quantitative estimate of drug-likeness (QED) is 0.188. The molecule has 64 heavy (non-hydrogen) atoms. The van der Waals surface area contributed by atoms with Gasteiger partial charge in [0.05, 0.1) is 0 Å². The van der Waals surface area contributed by atoms with Gasteiger partial charge in [-0.25, -0.2) is 0 Å². The molecule has 1 aliphatic rings. The van der Waals surface area contributed by atoms with Crippen molar-refractivity contribution in [2.75, 3.05) is 0 Å². The van der Waals surface area contributed by atoms with Crippen molar-refractivity contribution < 1.29 is 8.83 Å². The molecule has 0 saturated heterocycles. The number of nitrogens with zero attached hydrogens (tertiary/aromatic N) is 1. The first-order chi connectivity index (χ1) is 31.6. The molecule has 0 saturated carbocycles. The summed E-state index contributed by atoms with van der Waals surface area (Å²) in [5, 5.41) is 15.6. The van der Waals surface area contributed by atoms with Gasteiger partial charge in [-0.3, -0.25) is 4.99 Å². The van der Waals surface area contributed by atoms with Gasteiger partial charge in [0, 0.05) is 56.1 Å². The number of aliphatic imine (C=N–C) groups is 1. The lowest BCUT2D eigenvalue weighted by molar-refractivity contribution is 0.668. The first kappa shape index (κ1) is 36.4. The number of benzene rings is 10. The number of rotatable bonds is 5. The molecule has 10 aromatic carbocycles. The smallest absolute Gasteiger partial charge is 0.145 e. The van der Waals surface area contributed by atoms with Crippen LogP contribution in [0, 0.1) is 0 Å². The lowest BCUT2D eigenvalue weighted by atomic mass is 9.89. The second-order valence-corrected chi connectivity index (χ2v) is 17.1. The van der Waals surface area contributed by atoms with E-state index < -0.39 is 6.17 Å². The molecule has 4 heteroatoms. The monoisotopic (exact) mass is 820 g/mol. The lowest BCUT2D eigenvalue weighted by Crippen LogP contribution is -2.19. The molecule has 0 spiro atoms. The highest BCUT2D eigenvalue weighted by atomic mass is 16.3. The maximum atomic E-state index is 6.81. The average Bonchev–Trinajstić information content (AvgIpc) is 3.88. The summed E-state index contributed by atoms with van der Waals surface area (Å²) in [6.07, 6.45) is 0.292. The van der Waals surface area contributed by atoms with Crippen LogP contribution in [0.15, 0.2) is 220 Å². The average molecular weight is 821 g/mol. The molecule has 0 aliphatic carbocycles. The Labute approximate surface area is 369 Å². The van der Waals surface area contributed by atoms with Crippen LogP contribution in [0.5, 0.6) is 0 Å². The van der Waals surface area contributed by atoms with E-state index in [0.717, 1.165) is 105 Å². The van der Waals surface area contributed by atoms with Crippen LogP contribution in [0.3, 0.4) is 0 Å². The van der Waals surface area contributed by atoms with Crippen molar-refractivity contribution in [2.24, 2.45) is 4.99 Å². The molecule has 0 bridgehead atoms. The van der Waals surface area contributed by atoms with Crippen LogP contribution in [-0.2, 0) is 0 Å². The highest BCUT2D eigenvalue weighted by Crippen LogP contribution is 2.46. The third-order valence-electron chi connectivity index (χ3n) is 13.3. The Morgan fingerprint density at radius 3 is 1.78 bits per heavy atom. The van der Waals surface area contributed by atoms with Crippen molar-refractivity contribution in [3.8, 4) is 22.3 Å². The molecule has 0 amide bonds. The second-order valence-electron chi connectivity index (χ2n) is 17.1. The molecule has 1 aliphatic heterocycles. The Kier molecular flexibility index (Phi) is 8.22. The van der Waals surface area contributed by atoms with Crippen molar-refractivity contribution in [3.63, 3.8) is 0 Å². The molecule has 1 N–H and O–H groups in total. The minimum Gasteiger partial charge on any atom is -0.456 e. The molecular formula is C60H40N2O2. The predicted molar refractivity (Wildman–Crippen MR) is 267 cm³/mol. The van der Waals surface area contributed by atoms with Crippen LogP contribution >= 0.6 is 0 Å². The van der Waals surface area contributed by atoms with Crippen molar-refractivity contribution in [2.45, 2.75) is 19.5 Å². The van der Waals surface area contributed by atoms with E-state index in [-0.39, 0.29) is 0 Å². The van der Waals surface area contributed by atoms with Gasteiger partial charge < -0.3 is 14.2 Å². The SMILES string of the molecule is CC1=C(c2cccc3oc4ccccc4c23)NC(c2ccc(-c3ccc(-c4ccc5ccccc5c4)c4oc5ccccc5c34)c3ccccc23)N=C(c2ccc3ccccc3c2)C1. The minimum absolute atomic E-state index is 0.397. The summed E-state index contributed by atoms with van der Waals surface area (Å²) in [5.74, 6) is 0. The Balaban J connectivity index is 1.01. The van der Waals surface area contributed by atoms with Crippen LogP contribution in [0.4, 0.5) is 0 Å². The third-order valence-corrected chi connectivity index (χ3v) is 13.3. The van der Waals surface area contributed by atoms with Gasteiger partial charge in [0.2, 0.25) is 0 Å². The Bertz CT molecular complexity index is 3940. The van der Waals surface area contributed by atoms with Gasteiger partial charge in [0.25, 0.3) is 0 Å². The van der Waals surface area contributed by atoms with Gasteiger partial charge in [-0.15, -0.1) is 0 Å². The fraction of sp³-hybridized carbons (Fsp3) is 0.0500.